The summed E-state index contributed by atoms with van der Waals surface area (Å²) in [6.45, 7) is 3.80. The summed E-state index contributed by atoms with van der Waals surface area (Å²) in [7, 11) is 0. The highest BCUT2D eigenvalue weighted by Crippen LogP contribution is 2.31. The van der Waals surface area contributed by atoms with Crippen molar-refractivity contribution in [2.24, 2.45) is 0 Å². The molecular formula is C18H14O4. The Labute approximate surface area is 126 Å². The summed E-state index contributed by atoms with van der Waals surface area (Å²) < 4.78 is 11.2. The lowest BCUT2D eigenvalue weighted by molar-refractivity contribution is 0.363. The van der Waals surface area contributed by atoms with E-state index in [1.807, 2.05) is 30.3 Å². The van der Waals surface area contributed by atoms with E-state index in [1.165, 1.54) is 18.2 Å². The fourth-order valence-corrected chi connectivity index (χ4v) is 2.25. The lowest BCUT2D eigenvalue weighted by atomic mass is 10.1. The van der Waals surface area contributed by atoms with Crippen LogP contribution in [0.1, 0.15) is 0 Å². The molecule has 0 saturated carbocycles. The van der Waals surface area contributed by atoms with Gasteiger partial charge in [-0.1, -0.05) is 43.0 Å². The first-order valence-electron chi connectivity index (χ1n) is 6.79. The minimum Gasteiger partial charge on any atom is -0.508 e. The van der Waals surface area contributed by atoms with Gasteiger partial charge in [-0.2, -0.15) is 0 Å². The first kappa shape index (κ1) is 13.9. The molecule has 0 atom stereocenters. The van der Waals surface area contributed by atoms with Gasteiger partial charge in [0.25, 0.3) is 0 Å². The number of hydrogen-bond acceptors (Lipinski definition) is 4. The predicted octanol–water partition coefficient (Wildman–Crippen LogP) is 3.73. The molecule has 0 fully saturated rings. The van der Waals surface area contributed by atoms with E-state index in [4.69, 9.17) is 9.15 Å². The largest absolute Gasteiger partial charge is 0.508 e. The molecule has 110 valence electrons. The summed E-state index contributed by atoms with van der Waals surface area (Å²) in [5, 5.41) is 10.1. The summed E-state index contributed by atoms with van der Waals surface area (Å²) >= 11 is 0. The number of rotatable bonds is 4. The molecule has 0 aliphatic carbocycles. The monoisotopic (exact) mass is 294 g/mol. The van der Waals surface area contributed by atoms with Gasteiger partial charge < -0.3 is 14.3 Å². The Morgan fingerprint density at radius 2 is 1.95 bits per heavy atom. The van der Waals surface area contributed by atoms with Gasteiger partial charge in [0.1, 0.15) is 34.8 Å². The maximum absolute atomic E-state index is 12.4. The molecule has 0 radical (unpaired) electrons. The first-order valence-corrected chi connectivity index (χ1v) is 6.79. The van der Waals surface area contributed by atoms with Gasteiger partial charge in [0.15, 0.2) is 5.43 Å². The minimum atomic E-state index is -0.223. The van der Waals surface area contributed by atoms with Crippen molar-refractivity contribution in [1.82, 2.24) is 0 Å². The standard InChI is InChI=1S/C18H14O4/c1-2-8-21-16-9-13(19)10-17-18(16)14(20)11-15(22-17)12-6-4-3-5-7-12/h2-7,9-11,19H,1,8H2. The minimum absolute atomic E-state index is 0.0278. The number of hydrogen-bond donors (Lipinski definition) is 1. The fourth-order valence-electron chi connectivity index (χ4n) is 2.25. The smallest absolute Gasteiger partial charge is 0.197 e. The van der Waals surface area contributed by atoms with Crippen molar-refractivity contribution in [3.8, 4) is 22.8 Å². The second-order valence-corrected chi connectivity index (χ2v) is 4.76. The molecule has 3 rings (SSSR count). The number of benzene rings is 2. The van der Waals surface area contributed by atoms with Crippen LogP contribution in [0.4, 0.5) is 0 Å². The van der Waals surface area contributed by atoms with Crippen molar-refractivity contribution in [1.29, 1.82) is 0 Å². The van der Waals surface area contributed by atoms with E-state index in [2.05, 4.69) is 6.58 Å². The third kappa shape index (κ3) is 2.59. The average Bonchev–Trinajstić information content (AvgIpc) is 2.52. The normalized spacial score (nSPS) is 10.5. The SMILES string of the molecule is C=CCOc1cc(O)cc2oc(-c3ccccc3)cc(=O)c12. The van der Waals surface area contributed by atoms with Crippen LogP contribution in [0.5, 0.6) is 11.5 Å². The summed E-state index contributed by atoms with van der Waals surface area (Å²) in [5.41, 5.74) is 0.850. The summed E-state index contributed by atoms with van der Waals surface area (Å²) in [6, 6.07) is 13.5. The average molecular weight is 294 g/mol. The topological polar surface area (TPSA) is 59.7 Å². The number of phenolic OH excluding ortho intramolecular Hbond substituents is 1. The molecular weight excluding hydrogens is 280 g/mol. The van der Waals surface area contributed by atoms with Crippen LogP contribution in [0.3, 0.4) is 0 Å². The van der Waals surface area contributed by atoms with Gasteiger partial charge in [-0.15, -0.1) is 0 Å². The molecule has 1 N–H and O–H groups in total. The molecule has 0 amide bonds. The van der Waals surface area contributed by atoms with Crippen LogP contribution in [0, 0.1) is 0 Å². The van der Waals surface area contributed by atoms with Crippen molar-refractivity contribution in [2.45, 2.75) is 0 Å². The van der Waals surface area contributed by atoms with Crippen molar-refractivity contribution in [3.05, 3.63) is 71.4 Å². The van der Waals surface area contributed by atoms with Gasteiger partial charge in [0, 0.05) is 23.8 Å². The highest BCUT2D eigenvalue weighted by atomic mass is 16.5. The third-order valence-electron chi connectivity index (χ3n) is 3.19. The molecule has 4 heteroatoms. The van der Waals surface area contributed by atoms with E-state index in [9.17, 15) is 9.90 Å². The lowest BCUT2D eigenvalue weighted by Gasteiger charge is -2.09. The van der Waals surface area contributed by atoms with Crippen LogP contribution < -0.4 is 10.2 Å². The van der Waals surface area contributed by atoms with Gasteiger partial charge in [-0.25, -0.2) is 0 Å². The molecule has 0 aliphatic rings. The van der Waals surface area contributed by atoms with Gasteiger partial charge in [0.05, 0.1) is 0 Å². The van der Waals surface area contributed by atoms with E-state index in [1.54, 1.807) is 6.08 Å². The van der Waals surface area contributed by atoms with Crippen molar-refractivity contribution in [3.63, 3.8) is 0 Å². The third-order valence-corrected chi connectivity index (χ3v) is 3.19. The van der Waals surface area contributed by atoms with Crippen LogP contribution in [0.15, 0.2) is 70.4 Å². The number of phenols is 1. The molecule has 2 aromatic carbocycles. The molecule has 0 spiro atoms. The maximum Gasteiger partial charge on any atom is 0.197 e. The Hall–Kier alpha value is -3.01. The molecule has 1 aromatic heterocycles. The van der Waals surface area contributed by atoms with Crippen molar-refractivity contribution in [2.75, 3.05) is 6.61 Å². The lowest BCUT2D eigenvalue weighted by Crippen LogP contribution is -2.04. The second-order valence-electron chi connectivity index (χ2n) is 4.76. The molecule has 22 heavy (non-hydrogen) atoms. The zero-order valence-corrected chi connectivity index (χ0v) is 11.8. The van der Waals surface area contributed by atoms with E-state index >= 15 is 0 Å². The summed E-state index contributed by atoms with van der Waals surface area (Å²) in [6.07, 6.45) is 1.57. The van der Waals surface area contributed by atoms with E-state index in [-0.39, 0.29) is 29.1 Å². The first-order chi connectivity index (χ1) is 10.7. The van der Waals surface area contributed by atoms with Crippen LogP contribution >= 0.6 is 0 Å². The van der Waals surface area contributed by atoms with Crippen LogP contribution in [0.2, 0.25) is 0 Å². The van der Waals surface area contributed by atoms with Gasteiger partial charge in [-0.05, 0) is 0 Å². The Morgan fingerprint density at radius 1 is 1.18 bits per heavy atom. The molecule has 1 heterocycles. The number of fused-ring (bicyclic) bond motifs is 1. The quantitative estimate of drug-likeness (QED) is 0.745. The zero-order chi connectivity index (χ0) is 15.5. The number of ether oxygens (including phenoxy) is 1. The predicted molar refractivity (Wildman–Crippen MR) is 85.3 cm³/mol. The summed E-state index contributed by atoms with van der Waals surface area (Å²) in [5.74, 6) is 0.696. The molecule has 3 aromatic rings. The Balaban J connectivity index is 2.23. The van der Waals surface area contributed by atoms with E-state index in [0.717, 1.165) is 5.56 Å². The molecule has 0 saturated heterocycles. The van der Waals surface area contributed by atoms with Crippen LogP contribution in [-0.2, 0) is 0 Å². The van der Waals surface area contributed by atoms with Gasteiger partial charge in [0.2, 0.25) is 0 Å². The zero-order valence-electron chi connectivity index (χ0n) is 11.8. The van der Waals surface area contributed by atoms with E-state index in [0.29, 0.717) is 11.1 Å². The molecule has 0 aliphatic heterocycles. The Kier molecular flexibility index (Phi) is 3.66. The second kappa shape index (κ2) is 5.77. The highest BCUT2D eigenvalue weighted by Gasteiger charge is 2.13. The van der Waals surface area contributed by atoms with Crippen LogP contribution in [-0.4, -0.2) is 11.7 Å². The van der Waals surface area contributed by atoms with Crippen LogP contribution in [0.25, 0.3) is 22.3 Å². The molecule has 0 bridgehead atoms. The Morgan fingerprint density at radius 3 is 2.68 bits per heavy atom. The van der Waals surface area contributed by atoms with Crippen molar-refractivity contribution >= 4 is 11.0 Å². The fraction of sp³-hybridized carbons (Fsp3) is 0.0556. The van der Waals surface area contributed by atoms with E-state index < -0.39 is 0 Å². The summed E-state index contributed by atoms with van der Waals surface area (Å²) in [4.78, 5) is 12.4. The van der Waals surface area contributed by atoms with Crippen molar-refractivity contribution < 1.29 is 14.3 Å². The maximum atomic E-state index is 12.4. The molecule has 4 nitrogen and oxygen atoms in total. The molecule has 0 unspecified atom stereocenters. The Bertz CT molecular complexity index is 879. The van der Waals surface area contributed by atoms with Gasteiger partial charge in [-0.3, -0.25) is 4.79 Å². The highest BCUT2D eigenvalue weighted by molar-refractivity contribution is 5.86. The van der Waals surface area contributed by atoms with Gasteiger partial charge >= 0.3 is 0 Å². The number of aromatic hydroxyl groups is 1.